The molecule has 0 aliphatic rings. The summed E-state index contributed by atoms with van der Waals surface area (Å²) in [6.07, 6.45) is 0. The molecule has 54 valence electrons. The number of hydrogen-bond donors (Lipinski definition) is 2. The van der Waals surface area contributed by atoms with Crippen LogP contribution >= 0.6 is 0 Å². The molecule has 9 heavy (non-hydrogen) atoms. The Morgan fingerprint density at radius 2 is 1.78 bits per heavy atom. The molecular formula is C5H14O2Si2. The minimum atomic E-state index is -0.977. The molecule has 0 amide bonds. The van der Waals surface area contributed by atoms with E-state index in [1.165, 1.54) is 0 Å². The van der Waals surface area contributed by atoms with Crippen molar-refractivity contribution in [2.24, 2.45) is 0 Å². The Balaban J connectivity index is 3.64. The van der Waals surface area contributed by atoms with Gasteiger partial charge in [0.2, 0.25) is 0 Å². The molecule has 0 heterocycles. The second-order valence-corrected chi connectivity index (χ2v) is 16.9. The molecule has 0 rings (SSSR count). The summed E-state index contributed by atoms with van der Waals surface area (Å²) >= 11 is 0. The van der Waals surface area contributed by atoms with Crippen molar-refractivity contribution >= 4 is 16.6 Å². The van der Waals surface area contributed by atoms with Crippen molar-refractivity contribution < 1.29 is 10.2 Å². The molecule has 0 unspecified atom stereocenters. The van der Waals surface area contributed by atoms with Gasteiger partial charge in [-0.1, -0.05) is 19.6 Å². The minimum Gasteiger partial charge on any atom is -0.482 e. The van der Waals surface area contributed by atoms with Gasteiger partial charge in [0.15, 0.2) is 0 Å². The van der Waals surface area contributed by atoms with Crippen molar-refractivity contribution in [1.29, 1.82) is 0 Å². The number of hydrogen-bond acceptors (Lipinski definition) is 2. The Kier molecular flexibility index (Phi) is 3.00. The molecule has 0 atom stereocenters. The maximum absolute atomic E-state index is 8.39. The lowest BCUT2D eigenvalue weighted by molar-refractivity contribution is 0.192. The van der Waals surface area contributed by atoms with Gasteiger partial charge in [0, 0.05) is 16.6 Å². The first-order valence-electron chi connectivity index (χ1n) is 3.00. The van der Waals surface area contributed by atoms with E-state index in [0.29, 0.717) is 0 Å². The first-order valence-corrected chi connectivity index (χ1v) is 9.64. The van der Waals surface area contributed by atoms with Crippen LogP contribution in [-0.2, 0) is 0 Å². The monoisotopic (exact) mass is 162 g/mol. The van der Waals surface area contributed by atoms with Crippen molar-refractivity contribution in [2.75, 3.05) is 0 Å². The van der Waals surface area contributed by atoms with E-state index in [0.717, 1.165) is 0 Å². The molecule has 0 saturated carbocycles. The third-order valence-electron chi connectivity index (χ3n) is 0.897. The molecule has 0 radical (unpaired) electrons. The van der Waals surface area contributed by atoms with Gasteiger partial charge in [-0.25, -0.2) is 0 Å². The summed E-state index contributed by atoms with van der Waals surface area (Å²) in [7, 11) is -1.30. The van der Waals surface area contributed by atoms with E-state index in [9.17, 15) is 0 Å². The van der Waals surface area contributed by atoms with Crippen LogP contribution in [0.15, 0.2) is 11.6 Å². The van der Waals surface area contributed by atoms with Crippen molar-refractivity contribution in [1.82, 2.24) is 0 Å². The average molecular weight is 162 g/mol. The highest BCUT2D eigenvalue weighted by Gasteiger charge is 2.11. The van der Waals surface area contributed by atoms with Crippen molar-refractivity contribution in [2.45, 2.75) is 19.6 Å². The van der Waals surface area contributed by atoms with Gasteiger partial charge < -0.3 is 10.2 Å². The van der Waals surface area contributed by atoms with E-state index in [-0.39, 0.29) is 9.04 Å². The molecule has 0 aromatic carbocycles. The van der Waals surface area contributed by atoms with E-state index in [4.69, 9.17) is 10.2 Å². The third kappa shape index (κ3) is 7.77. The average Bonchev–Trinajstić information content (AvgIpc) is 1.59. The van der Waals surface area contributed by atoms with Crippen LogP contribution in [0.4, 0.5) is 0 Å². The fourth-order valence-corrected chi connectivity index (χ4v) is 3.58. The van der Waals surface area contributed by atoms with E-state index in [1.807, 2.05) is 0 Å². The van der Waals surface area contributed by atoms with Crippen LogP contribution in [0, 0.1) is 0 Å². The predicted octanol–water partition coefficient (Wildman–Crippen LogP) is 0.905. The fraction of sp³-hybridized carbons (Fsp3) is 0.600. The molecule has 0 aromatic rings. The predicted molar refractivity (Wildman–Crippen MR) is 45.2 cm³/mol. The van der Waals surface area contributed by atoms with Crippen LogP contribution in [0.25, 0.3) is 0 Å². The molecule has 4 heteroatoms. The number of aliphatic hydroxyl groups is 2. The maximum atomic E-state index is 8.39. The molecular weight excluding hydrogens is 148 g/mol. The van der Waals surface area contributed by atoms with Gasteiger partial charge in [-0.3, -0.25) is 0 Å². The highest BCUT2D eigenvalue weighted by atomic mass is 29.2. The topological polar surface area (TPSA) is 40.5 Å². The largest absolute Gasteiger partial charge is 0.482 e. The first-order chi connectivity index (χ1) is 3.92. The molecule has 0 spiro atoms. The lowest BCUT2D eigenvalue weighted by Gasteiger charge is -2.10. The highest BCUT2D eigenvalue weighted by Crippen LogP contribution is 1.97. The third-order valence-corrected chi connectivity index (χ3v) is 6.98. The molecule has 0 aliphatic heterocycles. The highest BCUT2D eigenvalue weighted by molar-refractivity contribution is 7.24. The van der Waals surface area contributed by atoms with Gasteiger partial charge in [0.1, 0.15) is 0 Å². The lowest BCUT2D eigenvalue weighted by Crippen LogP contribution is -2.28. The standard InChI is InChI=1S/C5H14O2Si2/c1-9(2,3)8-4-5(6)7/h4,6-7H,8H2,1-3H3. The zero-order valence-corrected chi connectivity index (χ0v) is 8.59. The van der Waals surface area contributed by atoms with Gasteiger partial charge in [-0.05, 0) is 5.70 Å². The summed E-state index contributed by atoms with van der Waals surface area (Å²) in [6, 6.07) is 0. The molecule has 0 aliphatic carbocycles. The van der Waals surface area contributed by atoms with Crippen LogP contribution in [0.2, 0.25) is 19.6 Å². The van der Waals surface area contributed by atoms with Gasteiger partial charge in [0.05, 0.1) is 0 Å². The molecule has 0 fully saturated rings. The zero-order valence-electron chi connectivity index (χ0n) is 6.18. The van der Waals surface area contributed by atoms with Gasteiger partial charge >= 0.3 is 0 Å². The van der Waals surface area contributed by atoms with E-state index in [1.54, 1.807) is 5.70 Å². The Hall–Kier alpha value is -0.226. The quantitative estimate of drug-likeness (QED) is 0.468. The van der Waals surface area contributed by atoms with Gasteiger partial charge in [-0.2, -0.15) is 0 Å². The Bertz CT molecular complexity index is 111. The first kappa shape index (κ1) is 8.77. The van der Waals surface area contributed by atoms with Crippen molar-refractivity contribution in [3.8, 4) is 0 Å². The van der Waals surface area contributed by atoms with Crippen LogP contribution in [-0.4, -0.2) is 26.8 Å². The minimum absolute atomic E-state index is 0.321. The summed E-state index contributed by atoms with van der Waals surface area (Å²) in [6.45, 7) is 6.70. The SMILES string of the molecule is C[Si](C)(C)[SiH2]C=C(O)O. The normalized spacial score (nSPS) is 12.3. The zero-order chi connectivity index (χ0) is 7.49. The van der Waals surface area contributed by atoms with Crippen molar-refractivity contribution in [3.63, 3.8) is 0 Å². The second kappa shape index (κ2) is 3.07. The summed E-state index contributed by atoms with van der Waals surface area (Å²) in [5.74, 6) is -0.482. The summed E-state index contributed by atoms with van der Waals surface area (Å²) in [4.78, 5) is 0. The lowest BCUT2D eigenvalue weighted by atomic mass is 11.1. The summed E-state index contributed by atoms with van der Waals surface area (Å²) < 4.78 is 0. The van der Waals surface area contributed by atoms with E-state index < -0.39 is 13.5 Å². The number of aliphatic hydroxyl groups excluding tert-OH is 1. The van der Waals surface area contributed by atoms with E-state index >= 15 is 0 Å². The van der Waals surface area contributed by atoms with Gasteiger partial charge in [-0.15, -0.1) is 0 Å². The Morgan fingerprint density at radius 3 is 1.89 bits per heavy atom. The second-order valence-electron chi connectivity index (χ2n) is 3.33. The maximum Gasteiger partial charge on any atom is 0.264 e. The van der Waals surface area contributed by atoms with Crippen LogP contribution in [0.3, 0.4) is 0 Å². The Labute approximate surface area is 58.8 Å². The molecule has 2 N–H and O–H groups in total. The van der Waals surface area contributed by atoms with Gasteiger partial charge in [0.25, 0.3) is 5.95 Å². The number of rotatable bonds is 2. The summed E-state index contributed by atoms with van der Waals surface area (Å²) in [5, 5.41) is 16.8. The van der Waals surface area contributed by atoms with Crippen LogP contribution < -0.4 is 0 Å². The fourth-order valence-electron chi connectivity index (χ4n) is 0.397. The van der Waals surface area contributed by atoms with E-state index in [2.05, 4.69) is 19.6 Å². The van der Waals surface area contributed by atoms with Crippen LogP contribution in [0.1, 0.15) is 0 Å². The molecule has 0 bridgehead atoms. The smallest absolute Gasteiger partial charge is 0.264 e. The molecule has 0 aromatic heterocycles. The summed E-state index contributed by atoms with van der Waals surface area (Å²) in [5.41, 5.74) is 1.60. The molecule has 2 nitrogen and oxygen atoms in total. The van der Waals surface area contributed by atoms with Crippen LogP contribution in [0.5, 0.6) is 0 Å². The Morgan fingerprint density at radius 1 is 1.33 bits per heavy atom. The van der Waals surface area contributed by atoms with Crippen molar-refractivity contribution in [3.05, 3.63) is 11.6 Å². The molecule has 0 saturated heterocycles.